The maximum atomic E-state index is 5.18. The smallest absolute Gasteiger partial charge is 0.119 e. The molecular formula is C12H13BrO. The highest BCUT2D eigenvalue weighted by molar-refractivity contribution is 9.09. The summed E-state index contributed by atoms with van der Waals surface area (Å²) in [5, 5.41) is 0.706. The van der Waals surface area contributed by atoms with Gasteiger partial charge in [-0.05, 0) is 37.1 Å². The molecule has 0 atom stereocenters. The van der Waals surface area contributed by atoms with Crippen molar-refractivity contribution in [1.82, 2.24) is 0 Å². The Hall–Kier alpha value is -0.940. The van der Waals surface area contributed by atoms with Gasteiger partial charge in [-0.15, -0.1) is 0 Å². The Kier molecular flexibility index (Phi) is 4.03. The van der Waals surface area contributed by atoms with Crippen LogP contribution < -0.4 is 4.74 Å². The molecule has 1 aromatic rings. The molecule has 0 fully saturated rings. The molecule has 0 spiro atoms. The highest BCUT2D eigenvalue weighted by Crippen LogP contribution is 2.20. The minimum Gasteiger partial charge on any atom is -0.497 e. The van der Waals surface area contributed by atoms with E-state index in [1.807, 2.05) is 26.0 Å². The summed E-state index contributed by atoms with van der Waals surface area (Å²) < 4.78 is 5.18. The van der Waals surface area contributed by atoms with Crippen molar-refractivity contribution in [2.24, 2.45) is 0 Å². The normalized spacial score (nSPS) is 9.14. The highest BCUT2D eigenvalue weighted by Gasteiger charge is 2.02. The van der Waals surface area contributed by atoms with Crippen LogP contribution in [-0.2, 0) is 0 Å². The number of alkyl halides is 1. The Morgan fingerprint density at radius 1 is 1.29 bits per heavy atom. The lowest BCUT2D eigenvalue weighted by Crippen LogP contribution is -1.91. The molecule has 0 N–H and O–H groups in total. The van der Waals surface area contributed by atoms with Crippen LogP contribution in [0.25, 0.3) is 0 Å². The summed E-state index contributed by atoms with van der Waals surface area (Å²) in [6, 6.07) is 4.01. The number of benzene rings is 1. The second kappa shape index (κ2) is 5.07. The summed E-state index contributed by atoms with van der Waals surface area (Å²) >= 11 is 3.29. The fourth-order valence-corrected chi connectivity index (χ4v) is 1.50. The number of hydrogen-bond donors (Lipinski definition) is 0. The summed E-state index contributed by atoms with van der Waals surface area (Å²) in [4.78, 5) is 0. The lowest BCUT2D eigenvalue weighted by molar-refractivity contribution is 0.414. The lowest BCUT2D eigenvalue weighted by Gasteiger charge is -2.06. The predicted octanol–water partition coefficient (Wildman–Crippen LogP) is 3.06. The Balaban J connectivity index is 3.18. The molecular weight excluding hydrogens is 240 g/mol. The SMILES string of the molecule is COc1cc(C)c(C#CCBr)c(C)c1. The highest BCUT2D eigenvalue weighted by atomic mass is 79.9. The lowest BCUT2D eigenvalue weighted by atomic mass is 10.0. The van der Waals surface area contributed by atoms with Gasteiger partial charge >= 0.3 is 0 Å². The van der Waals surface area contributed by atoms with E-state index in [1.165, 1.54) is 0 Å². The van der Waals surface area contributed by atoms with Crippen molar-refractivity contribution in [3.63, 3.8) is 0 Å². The minimum absolute atomic E-state index is 0.706. The van der Waals surface area contributed by atoms with Gasteiger partial charge in [0.15, 0.2) is 0 Å². The molecule has 0 saturated carbocycles. The van der Waals surface area contributed by atoms with E-state index in [4.69, 9.17) is 4.74 Å². The van der Waals surface area contributed by atoms with Crippen LogP contribution in [0.15, 0.2) is 12.1 Å². The Morgan fingerprint density at radius 2 is 1.86 bits per heavy atom. The average molecular weight is 253 g/mol. The molecule has 14 heavy (non-hydrogen) atoms. The maximum absolute atomic E-state index is 5.18. The number of ether oxygens (including phenoxy) is 1. The zero-order chi connectivity index (χ0) is 10.6. The van der Waals surface area contributed by atoms with Gasteiger partial charge in [-0.3, -0.25) is 0 Å². The van der Waals surface area contributed by atoms with Crippen LogP contribution in [-0.4, -0.2) is 12.4 Å². The maximum Gasteiger partial charge on any atom is 0.119 e. The van der Waals surface area contributed by atoms with Crippen LogP contribution in [0.3, 0.4) is 0 Å². The van der Waals surface area contributed by atoms with Crippen molar-refractivity contribution < 1.29 is 4.74 Å². The second-order valence-corrected chi connectivity index (χ2v) is 3.63. The fraction of sp³-hybridized carbons (Fsp3) is 0.333. The van der Waals surface area contributed by atoms with Gasteiger partial charge in [0, 0.05) is 5.56 Å². The van der Waals surface area contributed by atoms with E-state index in [0.29, 0.717) is 5.33 Å². The first-order valence-corrected chi connectivity index (χ1v) is 5.51. The first kappa shape index (κ1) is 11.1. The van der Waals surface area contributed by atoms with Crippen molar-refractivity contribution in [1.29, 1.82) is 0 Å². The molecule has 0 aromatic heterocycles. The van der Waals surface area contributed by atoms with Crippen molar-refractivity contribution >= 4 is 15.9 Å². The zero-order valence-corrected chi connectivity index (χ0v) is 10.2. The van der Waals surface area contributed by atoms with Crippen molar-refractivity contribution in [3.8, 4) is 17.6 Å². The van der Waals surface area contributed by atoms with Crippen LogP contribution >= 0.6 is 15.9 Å². The Labute approximate surface area is 93.6 Å². The van der Waals surface area contributed by atoms with Gasteiger partial charge in [-0.2, -0.15) is 0 Å². The molecule has 1 nitrogen and oxygen atoms in total. The van der Waals surface area contributed by atoms with Gasteiger partial charge in [-0.25, -0.2) is 0 Å². The molecule has 0 radical (unpaired) electrons. The largest absolute Gasteiger partial charge is 0.497 e. The molecule has 0 saturated heterocycles. The number of aryl methyl sites for hydroxylation is 2. The standard InChI is InChI=1S/C12H13BrO/c1-9-7-11(14-3)8-10(2)12(9)5-4-6-13/h7-8H,6H2,1-3H3. The second-order valence-electron chi connectivity index (χ2n) is 3.07. The van der Waals surface area contributed by atoms with E-state index < -0.39 is 0 Å². The molecule has 1 rings (SSSR count). The van der Waals surface area contributed by atoms with Crippen LogP contribution in [0.4, 0.5) is 0 Å². The van der Waals surface area contributed by atoms with Crippen molar-refractivity contribution in [2.75, 3.05) is 12.4 Å². The molecule has 0 aliphatic heterocycles. The molecule has 1 aromatic carbocycles. The van der Waals surface area contributed by atoms with Crippen LogP contribution in [0.5, 0.6) is 5.75 Å². The summed E-state index contributed by atoms with van der Waals surface area (Å²) in [5.74, 6) is 7.03. The van der Waals surface area contributed by atoms with E-state index in [2.05, 4.69) is 27.8 Å². The number of hydrogen-bond acceptors (Lipinski definition) is 1. The summed E-state index contributed by atoms with van der Waals surface area (Å²) in [6.07, 6.45) is 0. The molecule has 74 valence electrons. The van der Waals surface area contributed by atoms with Crippen LogP contribution in [0.1, 0.15) is 16.7 Å². The van der Waals surface area contributed by atoms with Crippen LogP contribution in [0, 0.1) is 25.7 Å². The number of methoxy groups -OCH3 is 1. The Bertz CT molecular complexity index is 362. The van der Waals surface area contributed by atoms with E-state index >= 15 is 0 Å². The van der Waals surface area contributed by atoms with E-state index in [-0.39, 0.29) is 0 Å². The van der Waals surface area contributed by atoms with Crippen molar-refractivity contribution in [2.45, 2.75) is 13.8 Å². The van der Waals surface area contributed by atoms with E-state index in [0.717, 1.165) is 22.4 Å². The van der Waals surface area contributed by atoms with Crippen LogP contribution in [0.2, 0.25) is 0 Å². The first-order valence-electron chi connectivity index (χ1n) is 4.39. The van der Waals surface area contributed by atoms with Gasteiger partial charge in [0.1, 0.15) is 5.75 Å². The van der Waals surface area contributed by atoms with Gasteiger partial charge in [0.05, 0.1) is 12.4 Å². The topological polar surface area (TPSA) is 9.23 Å². The molecule has 0 unspecified atom stereocenters. The number of halogens is 1. The summed E-state index contributed by atoms with van der Waals surface area (Å²) in [7, 11) is 1.68. The molecule has 2 heteroatoms. The monoisotopic (exact) mass is 252 g/mol. The first-order chi connectivity index (χ1) is 6.69. The van der Waals surface area contributed by atoms with Gasteiger partial charge in [0.25, 0.3) is 0 Å². The summed E-state index contributed by atoms with van der Waals surface area (Å²) in [5.41, 5.74) is 3.43. The Morgan fingerprint density at radius 3 is 2.29 bits per heavy atom. The van der Waals surface area contributed by atoms with Gasteiger partial charge in [-0.1, -0.05) is 27.8 Å². The molecule has 0 aliphatic rings. The third-order valence-electron chi connectivity index (χ3n) is 2.02. The average Bonchev–Trinajstić information content (AvgIpc) is 2.16. The van der Waals surface area contributed by atoms with E-state index in [9.17, 15) is 0 Å². The fourth-order valence-electron chi connectivity index (χ4n) is 1.36. The predicted molar refractivity (Wildman–Crippen MR) is 63.1 cm³/mol. The van der Waals surface area contributed by atoms with Crippen molar-refractivity contribution in [3.05, 3.63) is 28.8 Å². The third-order valence-corrected chi connectivity index (χ3v) is 2.30. The minimum atomic E-state index is 0.706. The molecule has 0 aliphatic carbocycles. The molecule has 0 amide bonds. The third kappa shape index (κ3) is 2.52. The molecule has 0 bridgehead atoms. The van der Waals surface area contributed by atoms with Gasteiger partial charge in [0.2, 0.25) is 0 Å². The summed E-state index contributed by atoms with van der Waals surface area (Å²) in [6.45, 7) is 4.10. The van der Waals surface area contributed by atoms with E-state index in [1.54, 1.807) is 7.11 Å². The van der Waals surface area contributed by atoms with Gasteiger partial charge < -0.3 is 4.74 Å². The number of rotatable bonds is 1. The molecule has 0 heterocycles. The zero-order valence-electron chi connectivity index (χ0n) is 8.65. The quantitative estimate of drug-likeness (QED) is 0.552.